The zero-order valence-corrected chi connectivity index (χ0v) is 19.4. The van der Waals surface area contributed by atoms with E-state index >= 15 is 0 Å². The molecule has 0 spiro atoms. The minimum Gasteiger partial charge on any atom is -0.459 e. The first-order valence-electron chi connectivity index (χ1n) is 9.32. The van der Waals surface area contributed by atoms with Gasteiger partial charge in [0.05, 0.1) is 6.04 Å². The van der Waals surface area contributed by atoms with E-state index in [2.05, 4.69) is 51.7 Å². The van der Waals surface area contributed by atoms with Crippen LogP contribution in [0.25, 0.3) is 0 Å². The van der Waals surface area contributed by atoms with Crippen LogP contribution in [-0.4, -0.2) is 44.2 Å². The van der Waals surface area contributed by atoms with E-state index in [4.69, 9.17) is 4.74 Å². The normalized spacial score (nSPS) is 15.7. The zero-order chi connectivity index (χ0) is 19.2. The summed E-state index contributed by atoms with van der Waals surface area (Å²) in [5, 5.41) is 6.35. The third-order valence-corrected chi connectivity index (χ3v) is 4.24. The molecule has 1 fully saturated rings. The van der Waals surface area contributed by atoms with Crippen LogP contribution in [0.1, 0.15) is 52.1 Å². The van der Waals surface area contributed by atoms with Crippen LogP contribution in [0.3, 0.4) is 0 Å². The topological polar surface area (TPSA) is 66.0 Å². The fraction of sp³-hybridized carbons (Fsp3) is 0.600. The number of anilines is 1. The molecule has 1 aromatic carbocycles. The summed E-state index contributed by atoms with van der Waals surface area (Å²) in [4.78, 5) is 18.5. The lowest BCUT2D eigenvalue weighted by atomic mass is 10.1. The maximum atomic E-state index is 11.9. The van der Waals surface area contributed by atoms with Gasteiger partial charge in [0.25, 0.3) is 0 Å². The average Bonchev–Trinajstić information content (AvgIpc) is 3.11. The summed E-state index contributed by atoms with van der Waals surface area (Å²) in [5.41, 5.74) is 1.97. The number of nitrogens with zero attached hydrogens (tertiary/aromatic N) is 2. The average molecular weight is 488 g/mol. The highest BCUT2D eigenvalue weighted by Gasteiger charge is 2.17. The molecule has 6 nitrogen and oxygen atoms in total. The summed E-state index contributed by atoms with van der Waals surface area (Å²) in [6.45, 7) is 9.99. The van der Waals surface area contributed by atoms with Gasteiger partial charge in [0.1, 0.15) is 12.1 Å². The molecule has 1 unspecified atom stereocenters. The molecule has 2 rings (SSSR count). The molecule has 2 N–H and O–H groups in total. The fourth-order valence-electron chi connectivity index (χ4n) is 2.98. The van der Waals surface area contributed by atoms with Gasteiger partial charge in [0.15, 0.2) is 5.96 Å². The largest absolute Gasteiger partial charge is 0.459 e. The number of esters is 1. The van der Waals surface area contributed by atoms with Crippen molar-refractivity contribution in [2.24, 2.45) is 4.99 Å². The van der Waals surface area contributed by atoms with Gasteiger partial charge in [-0.05, 0) is 58.2 Å². The Balaban J connectivity index is 0.00000364. The number of benzene rings is 1. The third-order valence-electron chi connectivity index (χ3n) is 4.24. The van der Waals surface area contributed by atoms with Crippen LogP contribution in [0, 0.1) is 0 Å². The van der Waals surface area contributed by atoms with Crippen molar-refractivity contribution in [2.75, 3.05) is 31.6 Å². The molecule has 0 saturated carbocycles. The van der Waals surface area contributed by atoms with Crippen molar-refractivity contribution in [3.63, 3.8) is 0 Å². The Morgan fingerprint density at radius 1 is 1.30 bits per heavy atom. The number of aliphatic imine (C=N–C) groups is 1. The van der Waals surface area contributed by atoms with Crippen molar-refractivity contribution in [2.45, 2.75) is 52.2 Å². The maximum Gasteiger partial charge on any atom is 0.325 e. The van der Waals surface area contributed by atoms with Crippen molar-refractivity contribution in [3.8, 4) is 0 Å². The smallest absolute Gasteiger partial charge is 0.325 e. The fourth-order valence-corrected chi connectivity index (χ4v) is 2.98. The molecule has 0 radical (unpaired) electrons. The van der Waals surface area contributed by atoms with E-state index in [1.807, 2.05) is 20.8 Å². The van der Waals surface area contributed by atoms with E-state index < -0.39 is 5.60 Å². The molecule has 0 amide bonds. The summed E-state index contributed by atoms with van der Waals surface area (Å²) >= 11 is 0. The van der Waals surface area contributed by atoms with E-state index in [1.54, 1.807) is 7.05 Å². The molecule has 152 valence electrons. The molecule has 1 saturated heterocycles. The molecule has 0 aromatic heterocycles. The van der Waals surface area contributed by atoms with Crippen molar-refractivity contribution in [1.82, 2.24) is 10.6 Å². The lowest BCUT2D eigenvalue weighted by molar-refractivity contribution is -0.153. The molecule has 1 aliphatic heterocycles. The Kier molecular flexibility index (Phi) is 9.35. The summed E-state index contributed by atoms with van der Waals surface area (Å²) < 4.78 is 5.31. The van der Waals surface area contributed by atoms with Crippen LogP contribution >= 0.6 is 24.0 Å². The Morgan fingerprint density at radius 3 is 2.56 bits per heavy atom. The first-order chi connectivity index (χ1) is 12.3. The van der Waals surface area contributed by atoms with E-state index in [-0.39, 0.29) is 42.5 Å². The molecule has 0 bridgehead atoms. The SMILES string of the molecule is CN=C(NCC(=O)OC(C)(C)C)NC(C)c1cccc(N2CCCC2)c1.I. The number of nitrogens with one attached hydrogen (secondary N) is 2. The van der Waals surface area contributed by atoms with Crippen LogP contribution in [0.4, 0.5) is 5.69 Å². The highest BCUT2D eigenvalue weighted by molar-refractivity contribution is 14.0. The first kappa shape index (κ1) is 23.5. The first-order valence-corrected chi connectivity index (χ1v) is 9.32. The van der Waals surface area contributed by atoms with E-state index in [0.717, 1.165) is 13.1 Å². The van der Waals surface area contributed by atoms with E-state index in [9.17, 15) is 4.79 Å². The second-order valence-electron chi connectivity index (χ2n) is 7.67. The highest BCUT2D eigenvalue weighted by Crippen LogP contribution is 2.23. The summed E-state index contributed by atoms with van der Waals surface area (Å²) in [6, 6.07) is 8.67. The van der Waals surface area contributed by atoms with Gasteiger partial charge in [-0.1, -0.05) is 12.1 Å². The Hall–Kier alpha value is -1.51. The Labute approximate surface area is 180 Å². The number of ether oxygens (including phenoxy) is 1. The van der Waals surface area contributed by atoms with Crippen LogP contribution in [0.5, 0.6) is 0 Å². The number of rotatable bonds is 5. The zero-order valence-electron chi connectivity index (χ0n) is 17.0. The van der Waals surface area contributed by atoms with E-state index in [1.165, 1.54) is 24.1 Å². The number of hydrogen-bond acceptors (Lipinski definition) is 4. The van der Waals surface area contributed by atoms with Crippen LogP contribution in [-0.2, 0) is 9.53 Å². The molecule has 7 heteroatoms. The molecule has 1 aliphatic rings. The number of halogens is 1. The Bertz CT molecular complexity index is 637. The highest BCUT2D eigenvalue weighted by atomic mass is 127. The molecular formula is C20H33IN4O2. The standard InChI is InChI=1S/C20H32N4O2.HI/c1-15(16-9-8-10-17(13-16)24-11-6-7-12-24)23-19(21-5)22-14-18(25)26-20(2,3)4;/h8-10,13,15H,6-7,11-12,14H2,1-5H3,(H2,21,22,23);1H. The van der Waals surface area contributed by atoms with Gasteiger partial charge in [0.2, 0.25) is 0 Å². The molecular weight excluding hydrogens is 455 g/mol. The minimum atomic E-state index is -0.487. The van der Waals surface area contributed by atoms with Crippen molar-refractivity contribution in [3.05, 3.63) is 29.8 Å². The van der Waals surface area contributed by atoms with Gasteiger partial charge >= 0.3 is 5.97 Å². The molecule has 0 aliphatic carbocycles. The van der Waals surface area contributed by atoms with Crippen LogP contribution in [0.2, 0.25) is 0 Å². The summed E-state index contributed by atoms with van der Waals surface area (Å²) in [7, 11) is 1.69. The quantitative estimate of drug-likeness (QED) is 0.288. The third kappa shape index (κ3) is 7.94. The molecule has 1 heterocycles. The lowest BCUT2D eigenvalue weighted by Gasteiger charge is -2.23. The second kappa shape index (κ2) is 10.7. The second-order valence-corrected chi connectivity index (χ2v) is 7.67. The summed E-state index contributed by atoms with van der Waals surface area (Å²) in [5.74, 6) is 0.277. The van der Waals surface area contributed by atoms with Crippen molar-refractivity contribution < 1.29 is 9.53 Å². The van der Waals surface area contributed by atoms with Crippen molar-refractivity contribution in [1.29, 1.82) is 0 Å². The van der Waals surface area contributed by atoms with Crippen molar-refractivity contribution >= 4 is 41.6 Å². The molecule has 1 atom stereocenters. The Morgan fingerprint density at radius 2 is 1.96 bits per heavy atom. The van der Waals surface area contributed by atoms with Gasteiger partial charge in [-0.15, -0.1) is 24.0 Å². The maximum absolute atomic E-state index is 11.9. The summed E-state index contributed by atoms with van der Waals surface area (Å²) in [6.07, 6.45) is 2.53. The predicted octanol–water partition coefficient (Wildman–Crippen LogP) is 3.47. The molecule has 1 aromatic rings. The number of carbonyl (C=O) groups is 1. The van der Waals surface area contributed by atoms with E-state index in [0.29, 0.717) is 5.96 Å². The van der Waals surface area contributed by atoms with Crippen LogP contribution < -0.4 is 15.5 Å². The van der Waals surface area contributed by atoms with Gasteiger partial charge < -0.3 is 20.3 Å². The van der Waals surface area contributed by atoms with Gasteiger partial charge in [-0.25, -0.2) is 0 Å². The minimum absolute atomic E-state index is 0. The van der Waals surface area contributed by atoms with Crippen LogP contribution in [0.15, 0.2) is 29.3 Å². The van der Waals surface area contributed by atoms with Gasteiger partial charge in [0, 0.05) is 25.8 Å². The number of guanidine groups is 1. The molecule has 27 heavy (non-hydrogen) atoms. The lowest BCUT2D eigenvalue weighted by Crippen LogP contribution is -2.42. The number of hydrogen-bond donors (Lipinski definition) is 2. The van der Waals surface area contributed by atoms with Gasteiger partial charge in [-0.3, -0.25) is 9.79 Å². The predicted molar refractivity (Wildman–Crippen MR) is 122 cm³/mol. The monoisotopic (exact) mass is 488 g/mol. The van der Waals surface area contributed by atoms with Gasteiger partial charge in [-0.2, -0.15) is 0 Å². The number of carbonyl (C=O) groups excluding carboxylic acids is 1.